The monoisotopic (exact) mass is 334 g/mol. The van der Waals surface area contributed by atoms with Crippen LogP contribution in [0.3, 0.4) is 0 Å². The van der Waals surface area contributed by atoms with Crippen molar-refractivity contribution in [3.8, 4) is 0 Å². The van der Waals surface area contributed by atoms with Gasteiger partial charge in [0, 0.05) is 26.2 Å². The molecule has 2 fully saturated rings. The van der Waals surface area contributed by atoms with Gasteiger partial charge in [0.2, 0.25) is 0 Å². The largest absolute Gasteiger partial charge is 0.481 e. The van der Waals surface area contributed by atoms with Crippen LogP contribution >= 0.6 is 0 Å². The molecule has 2 aliphatic heterocycles. The molecule has 22 heavy (non-hydrogen) atoms. The molecule has 1 unspecified atom stereocenters. The average molecular weight is 334 g/mol. The van der Waals surface area contributed by atoms with E-state index in [0.29, 0.717) is 32.2 Å². The molecule has 9 heteroatoms. The predicted molar refractivity (Wildman–Crippen MR) is 77.2 cm³/mol. The topological polar surface area (TPSA) is 104 Å². The molecule has 0 aromatic rings. The van der Waals surface area contributed by atoms with Gasteiger partial charge >= 0.3 is 11.9 Å². The third-order valence-electron chi connectivity index (χ3n) is 4.37. The molecule has 0 bridgehead atoms. The molecule has 0 aliphatic carbocycles. The fraction of sp³-hybridized carbons (Fsp3) is 0.846. The Balaban J connectivity index is 1.99. The highest BCUT2D eigenvalue weighted by Gasteiger charge is 2.38. The lowest BCUT2D eigenvalue weighted by Gasteiger charge is -2.36. The number of hydrogen-bond donors (Lipinski definition) is 1. The molecule has 2 heterocycles. The van der Waals surface area contributed by atoms with Crippen molar-refractivity contribution in [3.63, 3.8) is 0 Å². The molecule has 2 saturated heterocycles. The summed E-state index contributed by atoms with van der Waals surface area (Å²) < 4.78 is 32.5. The van der Waals surface area contributed by atoms with Gasteiger partial charge < -0.3 is 9.84 Å². The summed E-state index contributed by atoms with van der Waals surface area (Å²) in [6, 6.07) is 0. The summed E-state index contributed by atoms with van der Waals surface area (Å²) in [6.45, 7) is 0.893. The number of methoxy groups -OCH3 is 1. The van der Waals surface area contributed by atoms with Crippen molar-refractivity contribution in [2.75, 3.05) is 33.3 Å². The van der Waals surface area contributed by atoms with Gasteiger partial charge in [-0.2, -0.15) is 17.0 Å². The van der Waals surface area contributed by atoms with Crippen molar-refractivity contribution in [1.82, 2.24) is 8.61 Å². The summed E-state index contributed by atoms with van der Waals surface area (Å²) in [5.41, 5.74) is 0. The second-order valence-electron chi connectivity index (χ2n) is 5.74. The van der Waals surface area contributed by atoms with E-state index in [-0.39, 0.29) is 31.5 Å². The van der Waals surface area contributed by atoms with Crippen LogP contribution in [-0.2, 0) is 24.5 Å². The van der Waals surface area contributed by atoms with E-state index in [9.17, 15) is 18.0 Å². The van der Waals surface area contributed by atoms with Gasteiger partial charge in [-0.15, -0.1) is 0 Å². The summed E-state index contributed by atoms with van der Waals surface area (Å²) in [4.78, 5) is 22.5. The van der Waals surface area contributed by atoms with Crippen molar-refractivity contribution in [3.05, 3.63) is 0 Å². The maximum atomic E-state index is 12.6. The van der Waals surface area contributed by atoms with Crippen LogP contribution < -0.4 is 0 Å². The first-order chi connectivity index (χ1) is 10.4. The van der Waals surface area contributed by atoms with Crippen molar-refractivity contribution < 1.29 is 27.9 Å². The fourth-order valence-electron chi connectivity index (χ4n) is 3.01. The summed E-state index contributed by atoms with van der Waals surface area (Å²) in [6.07, 6.45) is 1.92. The Hall–Kier alpha value is -1.19. The second kappa shape index (κ2) is 6.93. The van der Waals surface area contributed by atoms with Gasteiger partial charge in [0.25, 0.3) is 10.2 Å². The molecule has 0 aromatic heterocycles. The van der Waals surface area contributed by atoms with Crippen LogP contribution in [0, 0.1) is 11.8 Å². The number of nitrogens with zero attached hydrogens (tertiary/aromatic N) is 2. The van der Waals surface area contributed by atoms with E-state index in [0.717, 1.165) is 0 Å². The van der Waals surface area contributed by atoms with Crippen LogP contribution in [0.2, 0.25) is 0 Å². The zero-order valence-electron chi connectivity index (χ0n) is 12.6. The number of aliphatic carboxylic acids is 1. The zero-order chi connectivity index (χ0) is 16.3. The molecule has 1 N–H and O–H groups in total. The molecule has 0 spiro atoms. The summed E-state index contributed by atoms with van der Waals surface area (Å²) in [7, 11) is -2.33. The fourth-order valence-corrected chi connectivity index (χ4v) is 4.73. The van der Waals surface area contributed by atoms with Crippen LogP contribution in [0.15, 0.2) is 0 Å². The lowest BCUT2D eigenvalue weighted by atomic mass is 9.99. The Labute approximate surface area is 130 Å². The Bertz CT molecular complexity index is 527. The van der Waals surface area contributed by atoms with Crippen molar-refractivity contribution in [2.24, 2.45) is 11.8 Å². The molecule has 0 radical (unpaired) electrons. The van der Waals surface area contributed by atoms with Crippen LogP contribution in [0.1, 0.15) is 25.7 Å². The lowest BCUT2D eigenvalue weighted by Crippen LogP contribution is -2.51. The molecule has 0 aromatic carbocycles. The lowest BCUT2D eigenvalue weighted by molar-refractivity contribution is -0.147. The second-order valence-corrected chi connectivity index (χ2v) is 7.67. The summed E-state index contributed by atoms with van der Waals surface area (Å²) in [5, 5.41) is 9.07. The maximum Gasteiger partial charge on any atom is 0.308 e. The van der Waals surface area contributed by atoms with E-state index >= 15 is 0 Å². The van der Waals surface area contributed by atoms with Crippen LogP contribution in [0.5, 0.6) is 0 Å². The van der Waals surface area contributed by atoms with Crippen molar-refractivity contribution in [2.45, 2.75) is 25.7 Å². The molecule has 8 nitrogen and oxygen atoms in total. The van der Waals surface area contributed by atoms with Gasteiger partial charge in [0.15, 0.2) is 0 Å². The third-order valence-corrected chi connectivity index (χ3v) is 6.38. The van der Waals surface area contributed by atoms with Crippen LogP contribution in [0.25, 0.3) is 0 Å². The molecule has 126 valence electrons. The van der Waals surface area contributed by atoms with Crippen LogP contribution in [0.4, 0.5) is 0 Å². The number of rotatable bonds is 4. The molecular weight excluding hydrogens is 312 g/mol. The van der Waals surface area contributed by atoms with Crippen molar-refractivity contribution >= 4 is 22.1 Å². The highest BCUT2D eigenvalue weighted by atomic mass is 32.2. The standard InChI is InChI=1S/C13H22N2O6S/c1-21-13(18)10-4-7-14(8-5-10)22(19,20)15-6-2-3-11(9-15)12(16)17/h10-11H,2-9H2,1H3,(H,16,17). The normalized spacial score (nSPS) is 25.8. The van der Waals surface area contributed by atoms with Gasteiger partial charge in [-0.1, -0.05) is 0 Å². The third kappa shape index (κ3) is 3.58. The predicted octanol–water partition coefficient (Wildman–Crippen LogP) is -0.0872. The first-order valence-corrected chi connectivity index (χ1v) is 8.81. The number of hydrogen-bond acceptors (Lipinski definition) is 5. The van der Waals surface area contributed by atoms with E-state index in [1.54, 1.807) is 0 Å². The van der Waals surface area contributed by atoms with E-state index in [4.69, 9.17) is 5.11 Å². The van der Waals surface area contributed by atoms with Gasteiger partial charge in [-0.05, 0) is 25.7 Å². The average Bonchev–Trinajstić information content (AvgIpc) is 2.54. The van der Waals surface area contributed by atoms with Crippen LogP contribution in [-0.4, -0.2) is 67.4 Å². The Morgan fingerprint density at radius 2 is 1.68 bits per heavy atom. The van der Waals surface area contributed by atoms with E-state index in [2.05, 4.69) is 4.74 Å². The smallest absolute Gasteiger partial charge is 0.308 e. The van der Waals surface area contributed by atoms with Gasteiger partial charge in [-0.25, -0.2) is 0 Å². The summed E-state index contributed by atoms with van der Waals surface area (Å²) in [5.74, 6) is -2.16. The first-order valence-electron chi connectivity index (χ1n) is 7.42. The highest BCUT2D eigenvalue weighted by Crippen LogP contribution is 2.25. The van der Waals surface area contributed by atoms with Gasteiger partial charge in [0.05, 0.1) is 18.9 Å². The van der Waals surface area contributed by atoms with Crippen molar-refractivity contribution in [1.29, 1.82) is 0 Å². The molecular formula is C13H22N2O6S. The number of piperidine rings is 2. The van der Waals surface area contributed by atoms with E-state index in [1.807, 2.05) is 0 Å². The Morgan fingerprint density at radius 1 is 1.05 bits per heavy atom. The highest BCUT2D eigenvalue weighted by molar-refractivity contribution is 7.86. The van der Waals surface area contributed by atoms with E-state index in [1.165, 1.54) is 15.7 Å². The zero-order valence-corrected chi connectivity index (χ0v) is 13.4. The molecule has 1 atom stereocenters. The number of esters is 1. The molecule has 0 amide bonds. The quantitative estimate of drug-likeness (QED) is 0.721. The first kappa shape index (κ1) is 17.2. The minimum atomic E-state index is -3.66. The number of carboxylic acids is 1. The minimum absolute atomic E-state index is 0.0224. The summed E-state index contributed by atoms with van der Waals surface area (Å²) >= 11 is 0. The minimum Gasteiger partial charge on any atom is -0.481 e. The molecule has 2 aliphatic rings. The maximum absolute atomic E-state index is 12.6. The van der Waals surface area contributed by atoms with Gasteiger partial charge in [-0.3, -0.25) is 9.59 Å². The number of carbonyl (C=O) groups is 2. The number of ether oxygens (including phenoxy) is 1. The Morgan fingerprint density at radius 3 is 2.23 bits per heavy atom. The number of carboxylic acid groups (broad SMARTS) is 1. The number of carbonyl (C=O) groups excluding carboxylic acids is 1. The molecule has 2 rings (SSSR count). The van der Waals surface area contributed by atoms with E-state index < -0.39 is 22.1 Å². The Kier molecular flexibility index (Phi) is 5.41. The van der Waals surface area contributed by atoms with Gasteiger partial charge in [0.1, 0.15) is 0 Å². The SMILES string of the molecule is COC(=O)C1CCN(S(=O)(=O)N2CCCC(C(=O)O)C2)CC1. The molecule has 0 saturated carbocycles.